The smallest absolute Gasteiger partial charge is 0.271 e. The van der Waals surface area contributed by atoms with Crippen LogP contribution in [0.2, 0.25) is 0 Å². The Labute approximate surface area is 110 Å². The van der Waals surface area contributed by atoms with E-state index in [9.17, 15) is 14.5 Å². The lowest BCUT2D eigenvalue weighted by molar-refractivity contribution is -0.384. The highest BCUT2D eigenvalue weighted by molar-refractivity contribution is 5.53. The van der Waals surface area contributed by atoms with E-state index in [-0.39, 0.29) is 17.4 Å². The van der Waals surface area contributed by atoms with Gasteiger partial charge in [-0.2, -0.15) is 0 Å². The molecule has 0 aromatic heterocycles. The third kappa shape index (κ3) is 2.28. The van der Waals surface area contributed by atoms with Gasteiger partial charge in [0.25, 0.3) is 5.69 Å². The van der Waals surface area contributed by atoms with Crippen LogP contribution in [-0.4, -0.2) is 35.0 Å². The maximum atomic E-state index is 13.7. The van der Waals surface area contributed by atoms with E-state index in [1.165, 1.54) is 18.6 Å². The van der Waals surface area contributed by atoms with Crippen molar-refractivity contribution < 1.29 is 9.31 Å². The number of halogens is 1. The molecule has 3 rings (SSSR count). The summed E-state index contributed by atoms with van der Waals surface area (Å²) in [4.78, 5) is 12.6. The molecular formula is C13H16FN3O2. The number of anilines is 1. The van der Waals surface area contributed by atoms with Crippen LogP contribution in [0.4, 0.5) is 15.8 Å². The fraction of sp³-hybridized carbons (Fsp3) is 0.538. The van der Waals surface area contributed by atoms with Gasteiger partial charge in [0.15, 0.2) is 0 Å². The third-order valence-corrected chi connectivity index (χ3v) is 4.11. The second-order valence-corrected chi connectivity index (χ2v) is 5.21. The second kappa shape index (κ2) is 4.77. The molecule has 19 heavy (non-hydrogen) atoms. The Kier molecular flexibility index (Phi) is 3.10. The molecule has 0 amide bonds. The van der Waals surface area contributed by atoms with Crippen LogP contribution in [0.5, 0.6) is 0 Å². The van der Waals surface area contributed by atoms with Gasteiger partial charge in [0.05, 0.1) is 10.6 Å². The van der Waals surface area contributed by atoms with Crippen LogP contribution in [0.15, 0.2) is 18.2 Å². The molecule has 2 heterocycles. The summed E-state index contributed by atoms with van der Waals surface area (Å²) >= 11 is 0. The predicted octanol–water partition coefficient (Wildman–Crippen LogP) is 2.38. The summed E-state index contributed by atoms with van der Waals surface area (Å²) in [5.41, 5.74) is 0.165. The zero-order chi connectivity index (χ0) is 13.4. The largest absolute Gasteiger partial charge is 0.378 e. The monoisotopic (exact) mass is 265 g/mol. The van der Waals surface area contributed by atoms with Gasteiger partial charge in [0, 0.05) is 30.8 Å². The van der Waals surface area contributed by atoms with Crippen LogP contribution in [0, 0.1) is 15.9 Å². The van der Waals surface area contributed by atoms with Crippen LogP contribution in [0.1, 0.15) is 19.3 Å². The Balaban J connectivity index is 1.79. The number of nitro groups is 1. The second-order valence-electron chi connectivity index (χ2n) is 5.21. The molecule has 5 nitrogen and oxygen atoms in total. The number of nitrogens with one attached hydrogen (secondary N) is 1. The zero-order valence-corrected chi connectivity index (χ0v) is 10.5. The van der Waals surface area contributed by atoms with Gasteiger partial charge >= 0.3 is 0 Å². The summed E-state index contributed by atoms with van der Waals surface area (Å²) in [7, 11) is 0. The lowest BCUT2D eigenvalue weighted by Gasteiger charge is -2.22. The predicted molar refractivity (Wildman–Crippen MR) is 69.7 cm³/mol. The standard InChI is InChI=1S/C13H16FN3O2/c14-10-4-3-9(17(18)19)8-12(10)15-11-5-7-16-6-1-2-13(11)16/h3-4,8,11,13,15H,1-2,5-7H2. The first-order valence-electron chi connectivity index (χ1n) is 6.59. The third-order valence-electron chi connectivity index (χ3n) is 4.11. The van der Waals surface area contributed by atoms with Crippen molar-refractivity contribution in [2.75, 3.05) is 18.4 Å². The van der Waals surface area contributed by atoms with Crippen molar-refractivity contribution in [2.45, 2.75) is 31.3 Å². The molecule has 2 unspecified atom stereocenters. The van der Waals surface area contributed by atoms with Crippen LogP contribution in [-0.2, 0) is 0 Å². The number of nitrogens with zero attached hydrogens (tertiary/aromatic N) is 2. The molecule has 0 radical (unpaired) electrons. The number of benzene rings is 1. The van der Waals surface area contributed by atoms with Crippen molar-refractivity contribution in [3.05, 3.63) is 34.1 Å². The molecule has 6 heteroatoms. The van der Waals surface area contributed by atoms with E-state index in [4.69, 9.17) is 0 Å². The van der Waals surface area contributed by atoms with E-state index < -0.39 is 10.7 Å². The van der Waals surface area contributed by atoms with Crippen molar-refractivity contribution >= 4 is 11.4 Å². The molecule has 0 aliphatic carbocycles. The van der Waals surface area contributed by atoms with Gasteiger partial charge in [0.2, 0.25) is 0 Å². The summed E-state index contributed by atoms with van der Waals surface area (Å²) in [6, 6.07) is 4.27. The molecule has 0 bridgehead atoms. The highest BCUT2D eigenvalue weighted by Crippen LogP contribution is 2.31. The Morgan fingerprint density at radius 3 is 3.00 bits per heavy atom. The molecular weight excluding hydrogens is 249 g/mol. The van der Waals surface area contributed by atoms with E-state index in [1.54, 1.807) is 0 Å². The Morgan fingerprint density at radius 1 is 1.37 bits per heavy atom. The molecule has 2 fully saturated rings. The average Bonchev–Trinajstić information content (AvgIpc) is 2.96. The van der Waals surface area contributed by atoms with Crippen LogP contribution in [0.25, 0.3) is 0 Å². The first-order chi connectivity index (χ1) is 9.15. The van der Waals surface area contributed by atoms with Gasteiger partial charge in [-0.1, -0.05) is 0 Å². The lowest BCUT2D eigenvalue weighted by atomic mass is 10.1. The lowest BCUT2D eigenvalue weighted by Crippen LogP contribution is -2.34. The fourth-order valence-electron chi connectivity index (χ4n) is 3.19. The van der Waals surface area contributed by atoms with Crippen molar-refractivity contribution in [3.8, 4) is 0 Å². The van der Waals surface area contributed by atoms with E-state index in [1.807, 2.05) is 0 Å². The van der Waals surface area contributed by atoms with Gasteiger partial charge in [-0.3, -0.25) is 15.0 Å². The highest BCUT2D eigenvalue weighted by Gasteiger charge is 2.37. The zero-order valence-electron chi connectivity index (χ0n) is 10.5. The van der Waals surface area contributed by atoms with E-state index in [0.29, 0.717) is 6.04 Å². The van der Waals surface area contributed by atoms with Gasteiger partial charge in [0.1, 0.15) is 5.82 Å². The number of non-ortho nitro benzene ring substituents is 1. The van der Waals surface area contributed by atoms with Gasteiger partial charge in [-0.25, -0.2) is 4.39 Å². The Hall–Kier alpha value is -1.69. The fourth-order valence-corrected chi connectivity index (χ4v) is 3.19. The average molecular weight is 265 g/mol. The summed E-state index contributed by atoms with van der Waals surface area (Å²) in [5, 5.41) is 13.9. The molecule has 2 atom stereocenters. The number of nitro benzene ring substituents is 1. The minimum atomic E-state index is -0.499. The van der Waals surface area contributed by atoms with Crippen molar-refractivity contribution in [3.63, 3.8) is 0 Å². The molecule has 1 aromatic rings. The molecule has 102 valence electrons. The molecule has 2 aliphatic heterocycles. The maximum Gasteiger partial charge on any atom is 0.271 e. The molecule has 0 spiro atoms. The molecule has 2 saturated heterocycles. The minimum absolute atomic E-state index is 0.0785. The van der Waals surface area contributed by atoms with E-state index in [2.05, 4.69) is 10.2 Å². The van der Waals surface area contributed by atoms with Crippen LogP contribution >= 0.6 is 0 Å². The van der Waals surface area contributed by atoms with Gasteiger partial charge in [-0.15, -0.1) is 0 Å². The van der Waals surface area contributed by atoms with Crippen LogP contribution < -0.4 is 5.32 Å². The normalized spacial score (nSPS) is 26.4. The highest BCUT2D eigenvalue weighted by atomic mass is 19.1. The molecule has 2 aliphatic rings. The number of rotatable bonds is 3. The molecule has 0 saturated carbocycles. The van der Waals surface area contributed by atoms with Gasteiger partial charge in [-0.05, 0) is 31.9 Å². The summed E-state index contributed by atoms with van der Waals surface area (Å²) in [5.74, 6) is -0.429. The number of fused-ring (bicyclic) bond motifs is 1. The van der Waals surface area contributed by atoms with E-state index in [0.717, 1.165) is 32.0 Å². The first-order valence-corrected chi connectivity index (χ1v) is 6.59. The molecule has 1 aromatic carbocycles. The topological polar surface area (TPSA) is 58.4 Å². The quantitative estimate of drug-likeness (QED) is 0.673. The van der Waals surface area contributed by atoms with E-state index >= 15 is 0 Å². The molecule has 1 N–H and O–H groups in total. The summed E-state index contributed by atoms with van der Waals surface area (Å²) in [6.07, 6.45) is 3.27. The Morgan fingerprint density at radius 2 is 2.21 bits per heavy atom. The van der Waals surface area contributed by atoms with Crippen molar-refractivity contribution in [2.24, 2.45) is 0 Å². The Bertz CT molecular complexity index is 509. The number of hydrogen-bond acceptors (Lipinski definition) is 4. The van der Waals surface area contributed by atoms with Gasteiger partial charge < -0.3 is 5.32 Å². The first kappa shape index (κ1) is 12.3. The number of hydrogen-bond donors (Lipinski definition) is 1. The minimum Gasteiger partial charge on any atom is -0.378 e. The summed E-state index contributed by atoms with van der Waals surface area (Å²) < 4.78 is 13.7. The van der Waals surface area contributed by atoms with Crippen LogP contribution in [0.3, 0.4) is 0 Å². The SMILES string of the molecule is O=[N+]([O-])c1ccc(F)c(NC2CCN3CCCC23)c1. The maximum absolute atomic E-state index is 13.7. The van der Waals surface area contributed by atoms with Crippen molar-refractivity contribution in [1.29, 1.82) is 0 Å². The van der Waals surface area contributed by atoms with Crippen molar-refractivity contribution in [1.82, 2.24) is 4.90 Å². The summed E-state index contributed by atoms with van der Waals surface area (Å²) in [6.45, 7) is 2.14.